The molecule has 0 spiro atoms. The van der Waals surface area contributed by atoms with Crippen LogP contribution in [0.4, 0.5) is 0 Å². The topological polar surface area (TPSA) is 27.7 Å². The Kier molecular flexibility index (Phi) is 4.82. The average molecular weight is 254 g/mol. The fourth-order valence-electron chi connectivity index (χ4n) is 3.41. The molecule has 0 amide bonds. The van der Waals surface area contributed by atoms with E-state index in [9.17, 15) is 0 Å². The van der Waals surface area contributed by atoms with Crippen LogP contribution in [0.2, 0.25) is 0 Å². The first-order valence-corrected chi connectivity index (χ1v) is 7.21. The second-order valence-electron chi connectivity index (χ2n) is 5.33. The predicted octanol–water partition coefficient (Wildman–Crippen LogP) is 3.15. The van der Waals surface area contributed by atoms with E-state index >= 15 is 0 Å². The highest BCUT2D eigenvalue weighted by Gasteiger charge is 2.45. The number of methoxy groups -OCH3 is 1. The minimum absolute atomic E-state index is 0.0683. The van der Waals surface area contributed by atoms with Gasteiger partial charge in [0.25, 0.3) is 0 Å². The van der Waals surface area contributed by atoms with Crippen molar-refractivity contribution in [3.05, 3.63) is 12.2 Å². The number of hydrogen-bond acceptors (Lipinski definition) is 3. The zero-order valence-electron chi connectivity index (χ0n) is 11.9. The Labute approximate surface area is 110 Å². The molecule has 18 heavy (non-hydrogen) atoms. The molecular formula is C15H26O3. The van der Waals surface area contributed by atoms with E-state index in [2.05, 4.69) is 12.2 Å². The molecule has 3 rings (SSSR count). The van der Waals surface area contributed by atoms with Gasteiger partial charge in [-0.3, -0.25) is 0 Å². The first kappa shape index (κ1) is 14.0. The van der Waals surface area contributed by atoms with Gasteiger partial charge in [-0.1, -0.05) is 12.2 Å². The standard InChI is InChI=1S/C15H26O3/c1-4-17-14(18-5-2)11-13-10-12-6-8-15(13,16-3)9-7-12/h6,8,12-14H,4-5,7,9-11H2,1-3H3/t12-,13-,15+/m0/s1. The van der Waals surface area contributed by atoms with Crippen molar-refractivity contribution in [1.29, 1.82) is 0 Å². The van der Waals surface area contributed by atoms with E-state index in [1.54, 1.807) is 0 Å². The number of rotatable bonds is 7. The van der Waals surface area contributed by atoms with Crippen LogP contribution >= 0.6 is 0 Å². The highest BCUT2D eigenvalue weighted by Crippen LogP contribution is 2.47. The molecule has 0 aromatic rings. The van der Waals surface area contributed by atoms with Gasteiger partial charge >= 0.3 is 0 Å². The summed E-state index contributed by atoms with van der Waals surface area (Å²) < 4.78 is 17.2. The van der Waals surface area contributed by atoms with Crippen molar-refractivity contribution < 1.29 is 14.2 Å². The third kappa shape index (κ3) is 2.79. The highest BCUT2D eigenvalue weighted by atomic mass is 16.7. The van der Waals surface area contributed by atoms with E-state index in [0.717, 1.165) is 18.8 Å². The van der Waals surface area contributed by atoms with Crippen molar-refractivity contribution in [2.45, 2.75) is 51.4 Å². The van der Waals surface area contributed by atoms with Crippen LogP contribution in [-0.2, 0) is 14.2 Å². The van der Waals surface area contributed by atoms with Gasteiger partial charge in [-0.25, -0.2) is 0 Å². The molecule has 0 aromatic heterocycles. The highest BCUT2D eigenvalue weighted by molar-refractivity contribution is 5.16. The number of fused-ring (bicyclic) bond motifs is 2. The third-order valence-corrected chi connectivity index (χ3v) is 4.40. The lowest BCUT2D eigenvalue weighted by atomic mass is 9.65. The molecule has 3 atom stereocenters. The van der Waals surface area contributed by atoms with Gasteiger partial charge in [0, 0.05) is 26.7 Å². The lowest BCUT2D eigenvalue weighted by Crippen LogP contribution is -2.47. The maximum absolute atomic E-state index is 5.84. The normalized spacial score (nSPS) is 34.4. The smallest absolute Gasteiger partial charge is 0.157 e. The van der Waals surface area contributed by atoms with Gasteiger partial charge in [0.1, 0.15) is 0 Å². The molecule has 1 fully saturated rings. The Morgan fingerprint density at radius 3 is 2.50 bits per heavy atom. The van der Waals surface area contributed by atoms with E-state index in [4.69, 9.17) is 14.2 Å². The predicted molar refractivity (Wildman–Crippen MR) is 71.4 cm³/mol. The second-order valence-corrected chi connectivity index (χ2v) is 5.33. The Morgan fingerprint density at radius 2 is 2.00 bits per heavy atom. The number of ether oxygens (including phenoxy) is 3. The van der Waals surface area contributed by atoms with Crippen molar-refractivity contribution >= 4 is 0 Å². The van der Waals surface area contributed by atoms with Crippen LogP contribution in [0.5, 0.6) is 0 Å². The van der Waals surface area contributed by atoms with Crippen LogP contribution in [-0.4, -0.2) is 32.2 Å². The lowest BCUT2D eigenvalue weighted by Gasteiger charge is -2.48. The van der Waals surface area contributed by atoms with Gasteiger partial charge in [0.2, 0.25) is 0 Å². The summed E-state index contributed by atoms with van der Waals surface area (Å²) >= 11 is 0. The fourth-order valence-corrected chi connectivity index (χ4v) is 3.41. The van der Waals surface area contributed by atoms with Crippen molar-refractivity contribution in [1.82, 2.24) is 0 Å². The van der Waals surface area contributed by atoms with Gasteiger partial charge in [0.05, 0.1) is 5.60 Å². The Hall–Kier alpha value is -0.380. The minimum Gasteiger partial charge on any atom is -0.374 e. The summed E-state index contributed by atoms with van der Waals surface area (Å²) in [6, 6.07) is 0. The monoisotopic (exact) mass is 254 g/mol. The van der Waals surface area contributed by atoms with Crippen LogP contribution in [0.25, 0.3) is 0 Å². The van der Waals surface area contributed by atoms with Crippen molar-refractivity contribution in [2.75, 3.05) is 20.3 Å². The molecule has 2 bridgehead atoms. The fraction of sp³-hybridized carbons (Fsp3) is 0.867. The molecule has 3 nitrogen and oxygen atoms in total. The van der Waals surface area contributed by atoms with Gasteiger partial charge in [-0.15, -0.1) is 0 Å². The summed E-state index contributed by atoms with van der Waals surface area (Å²) in [5, 5.41) is 0. The summed E-state index contributed by atoms with van der Waals surface area (Å²) in [5.41, 5.74) is -0.0683. The molecule has 0 radical (unpaired) electrons. The van der Waals surface area contributed by atoms with Crippen LogP contribution in [0, 0.1) is 11.8 Å². The average Bonchev–Trinajstić information content (AvgIpc) is 2.41. The zero-order valence-corrected chi connectivity index (χ0v) is 11.9. The largest absolute Gasteiger partial charge is 0.374 e. The van der Waals surface area contributed by atoms with Crippen LogP contribution in [0.3, 0.4) is 0 Å². The Balaban J connectivity index is 2.01. The maximum atomic E-state index is 5.84. The van der Waals surface area contributed by atoms with Crippen molar-refractivity contribution in [3.63, 3.8) is 0 Å². The SMILES string of the molecule is CCOC(C[C@@H]1C[C@H]2C=C[C@@]1(OC)CC2)OCC. The summed E-state index contributed by atoms with van der Waals surface area (Å²) in [7, 11) is 1.83. The molecule has 3 aliphatic carbocycles. The van der Waals surface area contributed by atoms with E-state index in [1.165, 1.54) is 12.8 Å². The van der Waals surface area contributed by atoms with Crippen molar-refractivity contribution in [2.24, 2.45) is 11.8 Å². The molecular weight excluding hydrogens is 228 g/mol. The summed E-state index contributed by atoms with van der Waals surface area (Å²) in [5.74, 6) is 1.25. The van der Waals surface area contributed by atoms with E-state index in [1.807, 2.05) is 21.0 Å². The summed E-state index contributed by atoms with van der Waals surface area (Å²) in [6.07, 6.45) is 9.08. The molecule has 3 heteroatoms. The lowest BCUT2D eigenvalue weighted by molar-refractivity contribution is -0.167. The van der Waals surface area contributed by atoms with Crippen LogP contribution in [0.15, 0.2) is 12.2 Å². The van der Waals surface area contributed by atoms with Crippen LogP contribution in [0.1, 0.15) is 39.5 Å². The van der Waals surface area contributed by atoms with Crippen molar-refractivity contribution in [3.8, 4) is 0 Å². The third-order valence-electron chi connectivity index (χ3n) is 4.40. The second kappa shape index (κ2) is 6.18. The molecule has 0 N–H and O–H groups in total. The molecule has 0 saturated heterocycles. The van der Waals surface area contributed by atoms with E-state index in [0.29, 0.717) is 19.1 Å². The molecule has 104 valence electrons. The Bertz CT molecular complexity index is 283. The van der Waals surface area contributed by atoms with Gasteiger partial charge in [-0.2, -0.15) is 0 Å². The first-order chi connectivity index (χ1) is 8.74. The molecule has 0 unspecified atom stereocenters. The molecule has 1 saturated carbocycles. The molecule has 0 aliphatic heterocycles. The van der Waals surface area contributed by atoms with Crippen LogP contribution < -0.4 is 0 Å². The molecule has 3 aliphatic rings. The van der Waals surface area contributed by atoms with E-state index < -0.39 is 0 Å². The quantitative estimate of drug-likeness (QED) is 0.516. The summed E-state index contributed by atoms with van der Waals surface area (Å²) in [6.45, 7) is 5.45. The van der Waals surface area contributed by atoms with E-state index in [-0.39, 0.29) is 11.9 Å². The zero-order chi connectivity index (χ0) is 13.0. The van der Waals surface area contributed by atoms with Gasteiger partial charge in [0.15, 0.2) is 6.29 Å². The molecule has 0 heterocycles. The summed E-state index contributed by atoms with van der Waals surface area (Å²) in [4.78, 5) is 0. The first-order valence-electron chi connectivity index (χ1n) is 7.21. The van der Waals surface area contributed by atoms with Gasteiger partial charge < -0.3 is 14.2 Å². The number of hydrogen-bond donors (Lipinski definition) is 0. The Morgan fingerprint density at radius 1 is 1.28 bits per heavy atom. The maximum Gasteiger partial charge on any atom is 0.157 e. The minimum atomic E-state index is -0.0789. The molecule has 0 aromatic carbocycles. The van der Waals surface area contributed by atoms with Gasteiger partial charge in [-0.05, 0) is 44.9 Å². The number of allylic oxidation sites excluding steroid dienone is 1.